The van der Waals surface area contributed by atoms with Crippen LogP contribution in [0.15, 0.2) is 0 Å². The molecule has 1 rings (SSSR count). The van der Waals surface area contributed by atoms with Gasteiger partial charge in [-0.2, -0.15) is 0 Å². The average molecular weight is 257 g/mol. The maximum absolute atomic E-state index is 9.84. The van der Waals surface area contributed by atoms with Crippen LogP contribution >= 0.6 is 0 Å². The lowest BCUT2D eigenvalue weighted by atomic mass is 9.98. The molecular weight excluding hydrogens is 226 g/mol. The van der Waals surface area contributed by atoms with Crippen molar-refractivity contribution in [2.75, 3.05) is 19.8 Å². The Labute approximate surface area is 112 Å². The predicted molar refractivity (Wildman–Crippen MR) is 75.7 cm³/mol. The second-order valence-corrected chi connectivity index (χ2v) is 6.64. The number of hydrogen-bond donors (Lipinski definition) is 2. The monoisotopic (exact) mass is 257 g/mol. The van der Waals surface area contributed by atoms with E-state index in [9.17, 15) is 5.11 Å². The van der Waals surface area contributed by atoms with Gasteiger partial charge in [-0.15, -0.1) is 0 Å². The summed E-state index contributed by atoms with van der Waals surface area (Å²) in [6.45, 7) is 10.7. The van der Waals surface area contributed by atoms with E-state index in [-0.39, 0.29) is 11.6 Å². The highest BCUT2D eigenvalue weighted by Gasteiger charge is 2.37. The third kappa shape index (κ3) is 6.72. The molecule has 1 aliphatic carbocycles. The summed E-state index contributed by atoms with van der Waals surface area (Å²) in [5.74, 6) is 1.52. The summed E-state index contributed by atoms with van der Waals surface area (Å²) < 4.78 is 5.50. The first kappa shape index (κ1) is 15.9. The van der Waals surface area contributed by atoms with Gasteiger partial charge in [-0.05, 0) is 51.4 Å². The molecule has 0 saturated heterocycles. The molecule has 2 N–H and O–H groups in total. The number of ether oxygens (including phenoxy) is 1. The van der Waals surface area contributed by atoms with Crippen molar-refractivity contribution < 1.29 is 9.84 Å². The van der Waals surface area contributed by atoms with Crippen molar-refractivity contribution in [3.63, 3.8) is 0 Å². The number of hydrogen-bond acceptors (Lipinski definition) is 3. The molecule has 0 spiro atoms. The van der Waals surface area contributed by atoms with Gasteiger partial charge in [0.2, 0.25) is 0 Å². The van der Waals surface area contributed by atoms with Crippen molar-refractivity contribution in [2.45, 2.75) is 65.0 Å². The second-order valence-electron chi connectivity index (χ2n) is 6.64. The van der Waals surface area contributed by atoms with Gasteiger partial charge in [0.15, 0.2) is 0 Å². The number of aliphatic hydroxyl groups is 1. The Hall–Kier alpha value is -0.120. The quantitative estimate of drug-likeness (QED) is 0.591. The van der Waals surface area contributed by atoms with E-state index in [4.69, 9.17) is 4.74 Å². The number of rotatable bonds is 10. The molecule has 3 heteroatoms. The van der Waals surface area contributed by atoms with Crippen molar-refractivity contribution in [3.8, 4) is 0 Å². The van der Waals surface area contributed by atoms with E-state index in [1.54, 1.807) is 0 Å². The number of aliphatic hydroxyl groups excluding tert-OH is 1. The minimum absolute atomic E-state index is 0.165. The molecular formula is C15H31NO2. The van der Waals surface area contributed by atoms with Gasteiger partial charge in [-0.25, -0.2) is 0 Å². The Bertz CT molecular complexity index is 225. The molecule has 0 aromatic carbocycles. The molecule has 0 bridgehead atoms. The van der Waals surface area contributed by atoms with Crippen LogP contribution < -0.4 is 5.32 Å². The normalized spacial score (nSPS) is 18.3. The Morgan fingerprint density at radius 2 is 2.00 bits per heavy atom. The molecule has 0 aliphatic heterocycles. The molecule has 0 aromatic rings. The molecule has 1 atom stereocenters. The average Bonchev–Trinajstić information content (AvgIpc) is 3.09. The molecule has 1 unspecified atom stereocenters. The summed E-state index contributed by atoms with van der Waals surface area (Å²) in [6, 6.07) is 0. The van der Waals surface area contributed by atoms with Crippen LogP contribution in [0.25, 0.3) is 0 Å². The molecule has 0 amide bonds. The fraction of sp³-hybridized carbons (Fsp3) is 1.00. The SMILES string of the molecule is CC(C)CCCOCC(O)CNC(C)(C)C1CC1. The second kappa shape index (κ2) is 7.46. The van der Waals surface area contributed by atoms with E-state index in [2.05, 4.69) is 33.0 Å². The minimum atomic E-state index is -0.387. The fourth-order valence-electron chi connectivity index (χ4n) is 2.20. The van der Waals surface area contributed by atoms with Crippen molar-refractivity contribution in [3.05, 3.63) is 0 Å². The van der Waals surface area contributed by atoms with E-state index in [0.29, 0.717) is 13.2 Å². The zero-order valence-corrected chi connectivity index (χ0v) is 12.5. The van der Waals surface area contributed by atoms with Gasteiger partial charge < -0.3 is 15.2 Å². The molecule has 0 radical (unpaired) electrons. The Morgan fingerprint density at radius 1 is 1.33 bits per heavy atom. The number of β-amino-alcohol motifs (C(OH)–C–C–N with tert-alkyl or cyclic N) is 1. The largest absolute Gasteiger partial charge is 0.389 e. The molecule has 18 heavy (non-hydrogen) atoms. The summed E-state index contributed by atoms with van der Waals surface area (Å²) in [5.41, 5.74) is 0.165. The molecule has 1 saturated carbocycles. The standard InChI is InChI=1S/C15H31NO2/c1-12(2)6-5-9-18-11-14(17)10-16-15(3,4)13-7-8-13/h12-14,16-17H,5-11H2,1-4H3. The van der Waals surface area contributed by atoms with Crippen LogP contribution in [-0.4, -0.2) is 36.5 Å². The van der Waals surface area contributed by atoms with Crippen molar-refractivity contribution in [2.24, 2.45) is 11.8 Å². The summed E-state index contributed by atoms with van der Waals surface area (Å²) in [5, 5.41) is 13.3. The molecule has 108 valence electrons. The van der Waals surface area contributed by atoms with E-state index < -0.39 is 0 Å². The van der Waals surface area contributed by atoms with Crippen LogP contribution in [0.3, 0.4) is 0 Å². The van der Waals surface area contributed by atoms with Crippen molar-refractivity contribution in [1.29, 1.82) is 0 Å². The van der Waals surface area contributed by atoms with Crippen LogP contribution in [0.4, 0.5) is 0 Å². The third-order valence-corrected chi connectivity index (χ3v) is 3.77. The molecule has 0 heterocycles. The van der Waals surface area contributed by atoms with Crippen molar-refractivity contribution >= 4 is 0 Å². The van der Waals surface area contributed by atoms with Gasteiger partial charge in [0, 0.05) is 18.7 Å². The predicted octanol–water partition coefficient (Wildman–Crippen LogP) is 2.58. The Morgan fingerprint density at radius 3 is 2.56 bits per heavy atom. The highest BCUT2D eigenvalue weighted by Crippen LogP contribution is 2.39. The topological polar surface area (TPSA) is 41.5 Å². The zero-order valence-electron chi connectivity index (χ0n) is 12.5. The summed E-state index contributed by atoms with van der Waals surface area (Å²) in [6.07, 6.45) is 4.54. The summed E-state index contributed by atoms with van der Waals surface area (Å²) in [7, 11) is 0. The lowest BCUT2D eigenvalue weighted by molar-refractivity contribution is 0.0308. The maximum atomic E-state index is 9.84. The smallest absolute Gasteiger partial charge is 0.0897 e. The van der Waals surface area contributed by atoms with Crippen LogP contribution in [0.1, 0.15) is 53.4 Å². The zero-order chi connectivity index (χ0) is 13.6. The molecule has 0 aromatic heterocycles. The van der Waals surface area contributed by atoms with Gasteiger partial charge in [0.25, 0.3) is 0 Å². The Kier molecular flexibility index (Phi) is 6.61. The first-order valence-corrected chi connectivity index (χ1v) is 7.42. The van der Waals surface area contributed by atoms with Gasteiger partial charge in [0.05, 0.1) is 12.7 Å². The highest BCUT2D eigenvalue weighted by atomic mass is 16.5. The first-order valence-electron chi connectivity index (χ1n) is 7.42. The minimum Gasteiger partial charge on any atom is -0.389 e. The molecule has 1 fully saturated rings. The van der Waals surface area contributed by atoms with Crippen molar-refractivity contribution in [1.82, 2.24) is 5.32 Å². The van der Waals surface area contributed by atoms with Gasteiger partial charge in [0.1, 0.15) is 0 Å². The van der Waals surface area contributed by atoms with E-state index in [0.717, 1.165) is 24.9 Å². The molecule has 3 nitrogen and oxygen atoms in total. The summed E-state index contributed by atoms with van der Waals surface area (Å²) in [4.78, 5) is 0. The lowest BCUT2D eigenvalue weighted by Crippen LogP contribution is -2.46. The summed E-state index contributed by atoms with van der Waals surface area (Å²) >= 11 is 0. The lowest BCUT2D eigenvalue weighted by Gasteiger charge is -2.27. The first-order chi connectivity index (χ1) is 8.42. The highest BCUT2D eigenvalue weighted by molar-refractivity contribution is 4.94. The van der Waals surface area contributed by atoms with E-state index in [1.807, 2.05) is 0 Å². The van der Waals surface area contributed by atoms with Gasteiger partial charge in [-0.3, -0.25) is 0 Å². The third-order valence-electron chi connectivity index (χ3n) is 3.77. The number of nitrogens with one attached hydrogen (secondary N) is 1. The van der Waals surface area contributed by atoms with Gasteiger partial charge >= 0.3 is 0 Å². The van der Waals surface area contributed by atoms with Crippen LogP contribution in [0, 0.1) is 11.8 Å². The molecule has 1 aliphatic rings. The van der Waals surface area contributed by atoms with Crippen LogP contribution in [0.2, 0.25) is 0 Å². The van der Waals surface area contributed by atoms with E-state index >= 15 is 0 Å². The van der Waals surface area contributed by atoms with E-state index in [1.165, 1.54) is 19.3 Å². The Balaban J connectivity index is 1.98. The fourth-order valence-corrected chi connectivity index (χ4v) is 2.20. The van der Waals surface area contributed by atoms with Crippen LogP contribution in [-0.2, 0) is 4.74 Å². The van der Waals surface area contributed by atoms with Gasteiger partial charge in [-0.1, -0.05) is 13.8 Å². The maximum Gasteiger partial charge on any atom is 0.0897 e. The van der Waals surface area contributed by atoms with Crippen LogP contribution in [0.5, 0.6) is 0 Å².